The molecule has 0 aliphatic carbocycles. The molecule has 8 nitrogen and oxygen atoms in total. The summed E-state index contributed by atoms with van der Waals surface area (Å²) >= 11 is 0. The summed E-state index contributed by atoms with van der Waals surface area (Å²) in [7, 11) is 4.57. The Balaban J connectivity index is 2.50. The number of rotatable bonds is 5. The maximum Gasteiger partial charge on any atom is 0.339 e. The summed E-state index contributed by atoms with van der Waals surface area (Å²) in [4.78, 5) is 20.4. The Bertz CT molecular complexity index is 733. The highest BCUT2D eigenvalue weighted by Gasteiger charge is 2.16. The van der Waals surface area contributed by atoms with E-state index in [1.54, 1.807) is 39.3 Å². The zero-order chi connectivity index (χ0) is 17.0. The number of esters is 1. The third-order valence-corrected chi connectivity index (χ3v) is 3.18. The molecular formula is C15H19N5O3. The lowest BCUT2D eigenvalue weighted by Gasteiger charge is -2.15. The van der Waals surface area contributed by atoms with Crippen LogP contribution in [0.4, 0.5) is 23.0 Å². The summed E-state index contributed by atoms with van der Waals surface area (Å²) in [6.07, 6.45) is 0. The Labute approximate surface area is 134 Å². The quantitative estimate of drug-likeness (QED) is 0.717. The smallest absolute Gasteiger partial charge is 0.339 e. The van der Waals surface area contributed by atoms with E-state index in [0.29, 0.717) is 40.1 Å². The van der Waals surface area contributed by atoms with Crippen LogP contribution in [0, 0.1) is 6.92 Å². The van der Waals surface area contributed by atoms with Gasteiger partial charge in [0.15, 0.2) is 11.6 Å². The van der Waals surface area contributed by atoms with E-state index in [-0.39, 0.29) is 0 Å². The Morgan fingerprint density at radius 2 is 1.91 bits per heavy atom. The van der Waals surface area contributed by atoms with Crippen molar-refractivity contribution in [2.24, 2.45) is 0 Å². The molecular weight excluding hydrogens is 298 g/mol. The Hall–Kier alpha value is -3.03. The molecule has 2 rings (SSSR count). The summed E-state index contributed by atoms with van der Waals surface area (Å²) < 4.78 is 9.98. The number of nitrogens with one attached hydrogen (secondary N) is 2. The molecule has 8 heteroatoms. The standard InChI is InChI=1S/C15H19N5O3/c1-8-18-13(17-2)12(16)14(19-8)20-11-7-9(22-3)5-6-10(11)15(21)23-4/h5-7H,16H2,1-4H3,(H2,17,18,19,20). The molecule has 0 atom stereocenters. The molecule has 1 heterocycles. The summed E-state index contributed by atoms with van der Waals surface area (Å²) in [5, 5.41) is 5.95. The zero-order valence-electron chi connectivity index (χ0n) is 13.4. The predicted octanol–water partition coefficient (Wildman–Crippen LogP) is 1.95. The van der Waals surface area contributed by atoms with Crippen LogP contribution in [0.15, 0.2) is 18.2 Å². The molecule has 0 amide bonds. The fourth-order valence-corrected chi connectivity index (χ4v) is 2.04. The lowest BCUT2D eigenvalue weighted by molar-refractivity contribution is 0.0602. The third kappa shape index (κ3) is 3.42. The van der Waals surface area contributed by atoms with Crippen molar-refractivity contribution >= 4 is 29.0 Å². The second-order valence-electron chi connectivity index (χ2n) is 4.66. The molecule has 122 valence electrons. The van der Waals surface area contributed by atoms with Crippen LogP contribution in [-0.2, 0) is 4.74 Å². The highest BCUT2D eigenvalue weighted by molar-refractivity contribution is 5.97. The number of nitrogens with two attached hydrogens (primary N) is 1. The van der Waals surface area contributed by atoms with Crippen LogP contribution in [0.25, 0.3) is 0 Å². The van der Waals surface area contributed by atoms with Gasteiger partial charge in [-0.05, 0) is 19.1 Å². The Kier molecular flexibility index (Phi) is 4.85. The maximum absolute atomic E-state index is 11.9. The second-order valence-corrected chi connectivity index (χ2v) is 4.66. The lowest BCUT2D eigenvalue weighted by Crippen LogP contribution is -2.10. The second kappa shape index (κ2) is 6.82. The first-order chi connectivity index (χ1) is 11.0. The number of nitrogen functional groups attached to an aromatic ring is 1. The summed E-state index contributed by atoms with van der Waals surface area (Å²) in [6, 6.07) is 4.95. The van der Waals surface area contributed by atoms with Gasteiger partial charge in [0.1, 0.15) is 17.3 Å². The van der Waals surface area contributed by atoms with Crippen molar-refractivity contribution in [2.75, 3.05) is 37.6 Å². The monoisotopic (exact) mass is 317 g/mol. The SMILES string of the molecule is CNc1nc(C)nc(Nc2cc(OC)ccc2C(=O)OC)c1N. The van der Waals surface area contributed by atoms with Gasteiger partial charge in [-0.1, -0.05) is 0 Å². The largest absolute Gasteiger partial charge is 0.497 e. The van der Waals surface area contributed by atoms with E-state index < -0.39 is 5.97 Å². The fraction of sp³-hybridized carbons (Fsp3) is 0.267. The van der Waals surface area contributed by atoms with Crippen molar-refractivity contribution in [3.8, 4) is 5.75 Å². The molecule has 1 aromatic carbocycles. The summed E-state index contributed by atoms with van der Waals surface area (Å²) in [6.45, 7) is 1.75. The minimum Gasteiger partial charge on any atom is -0.497 e. The number of methoxy groups -OCH3 is 2. The molecule has 23 heavy (non-hydrogen) atoms. The maximum atomic E-state index is 11.9. The van der Waals surface area contributed by atoms with E-state index in [0.717, 1.165) is 0 Å². The van der Waals surface area contributed by atoms with E-state index in [4.69, 9.17) is 15.2 Å². The topological polar surface area (TPSA) is 111 Å². The Morgan fingerprint density at radius 1 is 1.22 bits per heavy atom. The summed E-state index contributed by atoms with van der Waals surface area (Å²) in [5.41, 5.74) is 7.20. The molecule has 0 unspecified atom stereocenters. The van der Waals surface area contributed by atoms with E-state index in [1.807, 2.05) is 0 Å². The zero-order valence-corrected chi connectivity index (χ0v) is 13.4. The number of carbonyl (C=O) groups is 1. The van der Waals surface area contributed by atoms with Gasteiger partial charge in [0.25, 0.3) is 0 Å². The predicted molar refractivity (Wildman–Crippen MR) is 88.3 cm³/mol. The van der Waals surface area contributed by atoms with Gasteiger partial charge >= 0.3 is 5.97 Å². The lowest BCUT2D eigenvalue weighted by atomic mass is 10.1. The van der Waals surface area contributed by atoms with Gasteiger partial charge in [-0.25, -0.2) is 14.8 Å². The van der Waals surface area contributed by atoms with Crippen molar-refractivity contribution in [2.45, 2.75) is 6.92 Å². The fourth-order valence-electron chi connectivity index (χ4n) is 2.04. The molecule has 0 aliphatic rings. The number of anilines is 4. The molecule has 0 fully saturated rings. The number of ether oxygens (including phenoxy) is 2. The van der Waals surface area contributed by atoms with Crippen LogP contribution in [-0.4, -0.2) is 37.2 Å². The highest BCUT2D eigenvalue weighted by atomic mass is 16.5. The van der Waals surface area contributed by atoms with Crippen molar-refractivity contribution in [3.63, 3.8) is 0 Å². The normalized spacial score (nSPS) is 10.1. The first-order valence-electron chi connectivity index (χ1n) is 6.85. The average Bonchev–Trinajstić information content (AvgIpc) is 2.56. The van der Waals surface area contributed by atoms with E-state index >= 15 is 0 Å². The molecule has 0 aliphatic heterocycles. The first-order valence-corrected chi connectivity index (χ1v) is 6.85. The Morgan fingerprint density at radius 3 is 2.52 bits per heavy atom. The van der Waals surface area contributed by atoms with Crippen LogP contribution in [0.2, 0.25) is 0 Å². The van der Waals surface area contributed by atoms with E-state index in [2.05, 4.69) is 20.6 Å². The average molecular weight is 317 g/mol. The van der Waals surface area contributed by atoms with Crippen molar-refractivity contribution in [3.05, 3.63) is 29.6 Å². The number of benzene rings is 1. The van der Waals surface area contributed by atoms with Crippen molar-refractivity contribution < 1.29 is 14.3 Å². The number of aromatic nitrogens is 2. The van der Waals surface area contributed by atoms with Crippen LogP contribution in [0.3, 0.4) is 0 Å². The van der Waals surface area contributed by atoms with Gasteiger partial charge in [-0.3, -0.25) is 0 Å². The highest BCUT2D eigenvalue weighted by Crippen LogP contribution is 2.30. The number of hydrogen-bond donors (Lipinski definition) is 3. The molecule has 0 saturated heterocycles. The van der Waals surface area contributed by atoms with Crippen molar-refractivity contribution in [1.29, 1.82) is 0 Å². The van der Waals surface area contributed by atoms with Crippen LogP contribution in [0.1, 0.15) is 16.2 Å². The van der Waals surface area contributed by atoms with Gasteiger partial charge in [0.05, 0.1) is 25.5 Å². The number of hydrogen-bond acceptors (Lipinski definition) is 8. The van der Waals surface area contributed by atoms with Crippen LogP contribution in [0.5, 0.6) is 5.75 Å². The third-order valence-electron chi connectivity index (χ3n) is 3.18. The molecule has 0 saturated carbocycles. The number of nitrogens with zero attached hydrogens (tertiary/aromatic N) is 2. The first kappa shape index (κ1) is 16.3. The van der Waals surface area contributed by atoms with Gasteiger partial charge in [0.2, 0.25) is 0 Å². The minimum absolute atomic E-state index is 0.343. The molecule has 1 aromatic heterocycles. The van der Waals surface area contributed by atoms with Gasteiger partial charge in [-0.2, -0.15) is 0 Å². The number of aryl methyl sites for hydroxylation is 1. The molecule has 4 N–H and O–H groups in total. The molecule has 0 bridgehead atoms. The molecule has 0 radical (unpaired) electrons. The van der Waals surface area contributed by atoms with Crippen LogP contribution < -0.4 is 21.1 Å². The van der Waals surface area contributed by atoms with Gasteiger partial charge < -0.3 is 25.8 Å². The number of carbonyl (C=O) groups excluding carboxylic acids is 1. The van der Waals surface area contributed by atoms with Gasteiger partial charge in [-0.15, -0.1) is 0 Å². The summed E-state index contributed by atoms with van der Waals surface area (Å²) in [5.74, 6) is 1.53. The molecule has 0 spiro atoms. The minimum atomic E-state index is -0.478. The van der Waals surface area contributed by atoms with Crippen molar-refractivity contribution in [1.82, 2.24) is 9.97 Å². The van der Waals surface area contributed by atoms with Gasteiger partial charge in [0, 0.05) is 13.1 Å². The van der Waals surface area contributed by atoms with Crippen LogP contribution >= 0.6 is 0 Å². The molecule has 2 aromatic rings. The van der Waals surface area contributed by atoms with E-state index in [9.17, 15) is 4.79 Å². The van der Waals surface area contributed by atoms with E-state index in [1.165, 1.54) is 7.11 Å².